The topological polar surface area (TPSA) is 111 Å². The van der Waals surface area contributed by atoms with Gasteiger partial charge in [-0.15, -0.1) is 0 Å². The van der Waals surface area contributed by atoms with Crippen LogP contribution in [-0.4, -0.2) is 15.8 Å². The van der Waals surface area contributed by atoms with Crippen LogP contribution in [0.15, 0.2) is 30.5 Å². The second kappa shape index (κ2) is 5.71. The largest absolute Gasteiger partial charge is 0.384 e. The van der Waals surface area contributed by atoms with E-state index in [4.69, 9.17) is 17.3 Å². The third-order valence-electron chi connectivity index (χ3n) is 2.52. The molecule has 0 aliphatic rings. The Morgan fingerprint density at radius 2 is 2.14 bits per heavy atom. The van der Waals surface area contributed by atoms with Crippen LogP contribution in [-0.2, 0) is 0 Å². The number of amides is 1. The van der Waals surface area contributed by atoms with E-state index in [2.05, 4.69) is 10.3 Å². The number of pyridine rings is 1. The number of nitrogens with zero attached hydrogens (tertiary/aromatic N) is 2. The molecule has 0 saturated heterocycles. The molecule has 2 rings (SSSR count). The summed E-state index contributed by atoms with van der Waals surface area (Å²) in [7, 11) is 0. The normalized spacial score (nSPS) is 10.2. The molecule has 1 aromatic heterocycles. The lowest BCUT2D eigenvalue weighted by Crippen LogP contribution is -2.13. The van der Waals surface area contributed by atoms with E-state index in [0.29, 0.717) is 0 Å². The van der Waals surface area contributed by atoms with Crippen molar-refractivity contribution in [3.63, 3.8) is 0 Å². The fourth-order valence-electron chi connectivity index (χ4n) is 1.56. The van der Waals surface area contributed by atoms with Crippen molar-refractivity contribution in [1.29, 1.82) is 0 Å². The van der Waals surface area contributed by atoms with Gasteiger partial charge in [-0.3, -0.25) is 14.9 Å². The van der Waals surface area contributed by atoms with Gasteiger partial charge in [0.25, 0.3) is 5.91 Å². The number of benzene rings is 1. The summed E-state index contributed by atoms with van der Waals surface area (Å²) < 4.78 is 13.4. The molecule has 0 unspecified atom stereocenters. The summed E-state index contributed by atoms with van der Waals surface area (Å²) >= 11 is 5.81. The molecule has 1 heterocycles. The van der Waals surface area contributed by atoms with Crippen LogP contribution in [0.25, 0.3) is 0 Å². The molecule has 0 saturated carbocycles. The zero-order chi connectivity index (χ0) is 15.6. The minimum Gasteiger partial charge on any atom is -0.384 e. The van der Waals surface area contributed by atoms with E-state index in [9.17, 15) is 19.3 Å². The molecular weight excluding hydrogens is 303 g/mol. The Morgan fingerprint density at radius 3 is 2.76 bits per heavy atom. The van der Waals surface area contributed by atoms with Crippen LogP contribution in [0.5, 0.6) is 0 Å². The van der Waals surface area contributed by atoms with Gasteiger partial charge in [-0.25, -0.2) is 4.98 Å². The smallest absolute Gasteiger partial charge is 0.304 e. The molecule has 7 nitrogen and oxygen atoms in total. The molecular formula is C12H8ClFN4O3. The molecule has 0 bridgehead atoms. The first kappa shape index (κ1) is 14.7. The van der Waals surface area contributed by atoms with Gasteiger partial charge >= 0.3 is 5.69 Å². The van der Waals surface area contributed by atoms with Crippen LogP contribution in [0.3, 0.4) is 0 Å². The van der Waals surface area contributed by atoms with Gasteiger partial charge in [0.15, 0.2) is 0 Å². The first-order valence-electron chi connectivity index (χ1n) is 5.55. The van der Waals surface area contributed by atoms with Crippen LogP contribution in [0.1, 0.15) is 10.4 Å². The number of nitrogens with one attached hydrogen (secondary N) is 1. The summed E-state index contributed by atoms with van der Waals surface area (Å²) in [5.41, 5.74) is 4.88. The minimum absolute atomic E-state index is 0.0505. The number of rotatable bonds is 3. The Balaban J connectivity index is 2.26. The molecule has 0 radical (unpaired) electrons. The molecule has 9 heteroatoms. The number of hydrogen-bond donors (Lipinski definition) is 2. The number of anilines is 2. The van der Waals surface area contributed by atoms with Gasteiger partial charge < -0.3 is 11.1 Å². The van der Waals surface area contributed by atoms with E-state index < -0.39 is 22.3 Å². The lowest BCUT2D eigenvalue weighted by molar-refractivity contribution is -0.387. The van der Waals surface area contributed by atoms with Crippen molar-refractivity contribution in [3.05, 3.63) is 57.0 Å². The molecule has 3 N–H and O–H groups in total. The molecule has 1 amide bonds. The molecule has 1 aromatic carbocycles. The quantitative estimate of drug-likeness (QED) is 0.668. The second-order valence-electron chi connectivity index (χ2n) is 3.97. The molecule has 2 aromatic rings. The Morgan fingerprint density at radius 1 is 1.43 bits per heavy atom. The predicted octanol–water partition coefficient (Wildman–Crippen LogP) is 2.62. The third-order valence-corrected chi connectivity index (χ3v) is 2.82. The van der Waals surface area contributed by atoms with Crippen molar-refractivity contribution in [2.24, 2.45) is 0 Å². The zero-order valence-electron chi connectivity index (χ0n) is 10.3. The number of hydrogen-bond acceptors (Lipinski definition) is 5. The average Bonchev–Trinajstić information content (AvgIpc) is 2.41. The third kappa shape index (κ3) is 3.23. The van der Waals surface area contributed by atoms with Crippen molar-refractivity contribution in [2.75, 3.05) is 11.1 Å². The van der Waals surface area contributed by atoms with Crippen molar-refractivity contribution in [1.82, 2.24) is 4.98 Å². The van der Waals surface area contributed by atoms with Crippen LogP contribution < -0.4 is 11.1 Å². The second-order valence-corrected chi connectivity index (χ2v) is 4.37. The summed E-state index contributed by atoms with van der Waals surface area (Å²) in [6.07, 6.45) is 1.21. The Hall–Kier alpha value is -2.74. The van der Waals surface area contributed by atoms with Gasteiger partial charge in [0.1, 0.15) is 5.82 Å². The summed E-state index contributed by atoms with van der Waals surface area (Å²) in [4.78, 5) is 25.3. The predicted molar refractivity (Wildman–Crippen MR) is 74.7 cm³/mol. The lowest BCUT2D eigenvalue weighted by atomic mass is 10.2. The molecule has 21 heavy (non-hydrogen) atoms. The van der Waals surface area contributed by atoms with Gasteiger partial charge in [-0.2, -0.15) is 4.39 Å². The van der Waals surface area contributed by atoms with Crippen molar-refractivity contribution < 1.29 is 14.1 Å². The summed E-state index contributed by atoms with van der Waals surface area (Å²) in [6.45, 7) is 0. The highest BCUT2D eigenvalue weighted by Gasteiger charge is 2.16. The van der Waals surface area contributed by atoms with Crippen molar-refractivity contribution in [2.45, 2.75) is 0 Å². The molecule has 108 valence electrons. The highest BCUT2D eigenvalue weighted by molar-refractivity contribution is 6.34. The van der Waals surface area contributed by atoms with Gasteiger partial charge in [0.05, 0.1) is 15.5 Å². The van der Waals surface area contributed by atoms with Crippen LogP contribution in [0, 0.1) is 15.9 Å². The number of nitro benzene ring substituents is 1. The molecule has 0 atom stereocenters. The highest BCUT2D eigenvalue weighted by atomic mass is 35.5. The summed E-state index contributed by atoms with van der Waals surface area (Å²) in [5.74, 6) is -1.60. The van der Waals surface area contributed by atoms with E-state index >= 15 is 0 Å². The van der Waals surface area contributed by atoms with E-state index in [1.54, 1.807) is 0 Å². The number of carbonyl (C=O) groups excluding carboxylic acids is 1. The Kier molecular flexibility index (Phi) is 3.99. The fraction of sp³-hybridized carbons (Fsp3) is 0. The number of nitro groups is 1. The lowest BCUT2D eigenvalue weighted by Gasteiger charge is -2.07. The standard InChI is InChI=1S/C12H8ClFN4O3/c13-8-5-16-11(15)4-7(8)12(19)17-6-1-2-10(18(20)21)9(14)3-6/h1-5H,(H2,15,16)(H,17,19). The maximum absolute atomic E-state index is 13.4. The van der Waals surface area contributed by atoms with Crippen molar-refractivity contribution >= 4 is 34.7 Å². The molecule has 0 spiro atoms. The molecule has 0 aliphatic carbocycles. The van der Waals surface area contributed by atoms with Gasteiger partial charge in [-0.05, 0) is 12.1 Å². The van der Waals surface area contributed by atoms with E-state index in [1.807, 2.05) is 0 Å². The number of aromatic nitrogens is 1. The first-order chi connectivity index (χ1) is 9.88. The highest BCUT2D eigenvalue weighted by Crippen LogP contribution is 2.22. The number of halogens is 2. The maximum atomic E-state index is 13.4. The summed E-state index contributed by atoms with van der Waals surface area (Å²) in [5, 5.41) is 12.9. The first-order valence-corrected chi connectivity index (χ1v) is 5.92. The van der Waals surface area contributed by atoms with E-state index in [1.165, 1.54) is 18.3 Å². The van der Waals surface area contributed by atoms with Gasteiger partial charge in [-0.1, -0.05) is 11.6 Å². The maximum Gasteiger partial charge on any atom is 0.304 e. The van der Waals surface area contributed by atoms with Gasteiger partial charge in [0, 0.05) is 24.0 Å². The zero-order valence-corrected chi connectivity index (χ0v) is 11.1. The van der Waals surface area contributed by atoms with E-state index in [-0.39, 0.29) is 22.1 Å². The number of nitrogens with two attached hydrogens (primary N) is 1. The SMILES string of the molecule is Nc1cc(C(=O)Nc2ccc([N+](=O)[O-])c(F)c2)c(Cl)cn1. The average molecular weight is 311 g/mol. The van der Waals surface area contributed by atoms with Gasteiger partial charge in [0.2, 0.25) is 5.82 Å². The minimum atomic E-state index is -1.06. The Labute approximate surface area is 122 Å². The number of carbonyl (C=O) groups is 1. The van der Waals surface area contributed by atoms with E-state index in [0.717, 1.165) is 12.1 Å². The van der Waals surface area contributed by atoms with Crippen LogP contribution >= 0.6 is 11.6 Å². The monoisotopic (exact) mass is 310 g/mol. The van der Waals surface area contributed by atoms with Crippen LogP contribution in [0.2, 0.25) is 5.02 Å². The Bertz CT molecular complexity index is 738. The van der Waals surface area contributed by atoms with Crippen molar-refractivity contribution in [3.8, 4) is 0 Å². The molecule has 0 fully saturated rings. The number of nitrogen functional groups attached to an aromatic ring is 1. The summed E-state index contributed by atoms with van der Waals surface area (Å²) in [6, 6.07) is 4.26. The van der Waals surface area contributed by atoms with Crippen LogP contribution in [0.4, 0.5) is 21.6 Å². The fourth-order valence-corrected chi connectivity index (χ4v) is 1.75. The molecule has 0 aliphatic heterocycles.